The average molecular weight is 269 g/mol. The molecular formula is C6H13Cl4N3. The summed E-state index contributed by atoms with van der Waals surface area (Å²) < 4.78 is 0. The second kappa shape index (κ2) is 9.86. The summed E-state index contributed by atoms with van der Waals surface area (Å²) in [4.78, 5) is 0. The smallest absolute Gasteiger partial charge is 0.0355 e. The van der Waals surface area contributed by atoms with Gasteiger partial charge in [-0.05, 0) is 18.2 Å². The molecule has 0 atom stereocenters. The van der Waals surface area contributed by atoms with Gasteiger partial charge in [-0.2, -0.15) is 0 Å². The lowest BCUT2D eigenvalue weighted by Gasteiger charge is -1.97. The van der Waals surface area contributed by atoms with Crippen LogP contribution in [-0.4, -0.2) is 0 Å². The average Bonchev–Trinajstić information content (AvgIpc) is 1.59. The number of hydrogen-bond acceptors (Lipinski definition) is 3. The van der Waals surface area contributed by atoms with Gasteiger partial charge in [0.05, 0.1) is 0 Å². The van der Waals surface area contributed by atoms with Gasteiger partial charge in [0.2, 0.25) is 0 Å². The lowest BCUT2D eigenvalue weighted by molar-refractivity contribution is 1.65. The Morgan fingerprint density at radius 2 is 0.692 bits per heavy atom. The van der Waals surface area contributed by atoms with Gasteiger partial charge in [-0.3, -0.25) is 0 Å². The topological polar surface area (TPSA) is 78.1 Å². The highest BCUT2D eigenvalue weighted by Crippen LogP contribution is 2.14. The number of nitrogens with two attached hydrogens (primary N) is 3. The fourth-order valence-corrected chi connectivity index (χ4v) is 0.702. The van der Waals surface area contributed by atoms with Gasteiger partial charge < -0.3 is 17.2 Å². The highest BCUT2D eigenvalue weighted by atomic mass is 35.5. The molecule has 0 amide bonds. The van der Waals surface area contributed by atoms with Crippen molar-refractivity contribution in [3.63, 3.8) is 0 Å². The van der Waals surface area contributed by atoms with Gasteiger partial charge in [-0.25, -0.2) is 0 Å². The summed E-state index contributed by atoms with van der Waals surface area (Å²) in [6.45, 7) is 0. The third kappa shape index (κ3) is 8.12. The molecule has 80 valence electrons. The number of benzene rings is 1. The van der Waals surface area contributed by atoms with Crippen molar-refractivity contribution < 1.29 is 0 Å². The Bertz CT molecular complexity index is 181. The van der Waals surface area contributed by atoms with E-state index in [0.717, 1.165) is 0 Å². The van der Waals surface area contributed by atoms with Crippen LogP contribution < -0.4 is 17.2 Å². The maximum atomic E-state index is 5.40. The summed E-state index contributed by atoms with van der Waals surface area (Å²) in [6.07, 6.45) is 0. The van der Waals surface area contributed by atoms with Gasteiger partial charge in [0.1, 0.15) is 0 Å². The molecule has 0 aliphatic heterocycles. The second-order valence-corrected chi connectivity index (χ2v) is 1.93. The van der Waals surface area contributed by atoms with Gasteiger partial charge in [-0.15, -0.1) is 49.6 Å². The molecule has 0 saturated carbocycles. The van der Waals surface area contributed by atoms with Crippen LogP contribution in [0, 0.1) is 0 Å². The maximum absolute atomic E-state index is 5.40. The molecule has 3 nitrogen and oxygen atoms in total. The van der Waals surface area contributed by atoms with Crippen molar-refractivity contribution in [2.45, 2.75) is 0 Å². The number of rotatable bonds is 0. The number of hydrogen-bond donors (Lipinski definition) is 3. The summed E-state index contributed by atoms with van der Waals surface area (Å²) in [5.74, 6) is 0. The molecule has 1 aromatic rings. The highest BCUT2D eigenvalue weighted by Gasteiger charge is 1.89. The molecule has 0 aliphatic carbocycles. The Labute approximate surface area is 102 Å². The SMILES string of the molecule is Cl.Cl.Cl.Cl.Nc1cc(N)cc(N)c1. The van der Waals surface area contributed by atoms with E-state index in [-0.39, 0.29) is 49.6 Å². The molecule has 0 fully saturated rings. The zero-order valence-corrected chi connectivity index (χ0v) is 9.86. The molecule has 6 N–H and O–H groups in total. The minimum Gasteiger partial charge on any atom is -0.399 e. The van der Waals surface area contributed by atoms with Crippen molar-refractivity contribution in [1.82, 2.24) is 0 Å². The van der Waals surface area contributed by atoms with Gasteiger partial charge in [-0.1, -0.05) is 0 Å². The molecule has 0 aliphatic rings. The summed E-state index contributed by atoms with van der Waals surface area (Å²) in [6, 6.07) is 4.99. The summed E-state index contributed by atoms with van der Waals surface area (Å²) >= 11 is 0. The Morgan fingerprint density at radius 1 is 0.538 bits per heavy atom. The molecule has 0 aromatic heterocycles. The standard InChI is InChI=1S/C6H9N3.4ClH/c7-4-1-5(8)3-6(9)2-4;;;;/h1-3H,7-9H2;4*1H. The maximum Gasteiger partial charge on any atom is 0.0355 e. The van der Waals surface area contributed by atoms with Crippen molar-refractivity contribution in [2.24, 2.45) is 0 Å². The summed E-state index contributed by atoms with van der Waals surface area (Å²) in [7, 11) is 0. The van der Waals surface area contributed by atoms with E-state index in [2.05, 4.69) is 0 Å². The van der Waals surface area contributed by atoms with E-state index in [1.165, 1.54) is 0 Å². The second-order valence-electron chi connectivity index (χ2n) is 1.93. The predicted octanol–water partition coefficient (Wildman–Crippen LogP) is 2.12. The highest BCUT2D eigenvalue weighted by molar-refractivity contribution is 5.86. The fourth-order valence-electron chi connectivity index (χ4n) is 0.702. The van der Waals surface area contributed by atoms with Crippen molar-refractivity contribution in [3.8, 4) is 0 Å². The summed E-state index contributed by atoms with van der Waals surface area (Å²) in [5.41, 5.74) is 18.0. The molecular weight excluding hydrogens is 256 g/mol. The molecule has 0 saturated heterocycles. The van der Waals surface area contributed by atoms with Crippen LogP contribution in [0.3, 0.4) is 0 Å². The third-order valence-corrected chi connectivity index (χ3v) is 1.00. The first-order chi connectivity index (χ1) is 4.18. The Morgan fingerprint density at radius 3 is 0.846 bits per heavy atom. The van der Waals surface area contributed by atoms with E-state index < -0.39 is 0 Å². The van der Waals surface area contributed by atoms with Gasteiger partial charge >= 0.3 is 0 Å². The van der Waals surface area contributed by atoms with Crippen LogP contribution in [0.25, 0.3) is 0 Å². The normalized spacial score (nSPS) is 6.46. The molecule has 0 bridgehead atoms. The van der Waals surface area contributed by atoms with Crippen LogP contribution in [0.4, 0.5) is 17.1 Å². The first kappa shape index (κ1) is 23.0. The quantitative estimate of drug-likeness (QED) is 0.631. The van der Waals surface area contributed by atoms with Gasteiger partial charge in [0.25, 0.3) is 0 Å². The zero-order valence-electron chi connectivity index (χ0n) is 6.60. The fraction of sp³-hybridized carbons (Fsp3) is 0. The monoisotopic (exact) mass is 267 g/mol. The Balaban J connectivity index is -0.000000101. The van der Waals surface area contributed by atoms with E-state index in [1.54, 1.807) is 18.2 Å². The van der Waals surface area contributed by atoms with E-state index in [1.807, 2.05) is 0 Å². The molecule has 0 heterocycles. The number of anilines is 3. The van der Waals surface area contributed by atoms with E-state index in [9.17, 15) is 0 Å². The minimum absolute atomic E-state index is 0. The van der Waals surface area contributed by atoms with Crippen molar-refractivity contribution in [2.75, 3.05) is 17.2 Å². The molecule has 0 spiro atoms. The lowest BCUT2D eigenvalue weighted by atomic mass is 10.2. The number of nitrogen functional groups attached to an aromatic ring is 3. The predicted molar refractivity (Wildman–Crippen MR) is 68.7 cm³/mol. The third-order valence-electron chi connectivity index (χ3n) is 1.00. The molecule has 0 radical (unpaired) electrons. The van der Waals surface area contributed by atoms with Crippen LogP contribution >= 0.6 is 49.6 Å². The van der Waals surface area contributed by atoms with Crippen LogP contribution in [0.15, 0.2) is 18.2 Å². The lowest BCUT2D eigenvalue weighted by Crippen LogP contribution is -1.93. The number of halogens is 4. The summed E-state index contributed by atoms with van der Waals surface area (Å²) in [5, 5.41) is 0. The molecule has 13 heavy (non-hydrogen) atoms. The molecule has 1 rings (SSSR count). The Kier molecular flexibility index (Phi) is 17.5. The van der Waals surface area contributed by atoms with E-state index in [0.29, 0.717) is 17.1 Å². The van der Waals surface area contributed by atoms with E-state index >= 15 is 0 Å². The van der Waals surface area contributed by atoms with Gasteiger partial charge in [0, 0.05) is 17.1 Å². The van der Waals surface area contributed by atoms with Gasteiger partial charge in [0.15, 0.2) is 0 Å². The van der Waals surface area contributed by atoms with Crippen molar-refractivity contribution in [3.05, 3.63) is 18.2 Å². The Hall–Kier alpha value is -0.220. The van der Waals surface area contributed by atoms with Crippen molar-refractivity contribution >= 4 is 66.7 Å². The van der Waals surface area contributed by atoms with E-state index in [4.69, 9.17) is 17.2 Å². The van der Waals surface area contributed by atoms with Crippen LogP contribution in [0.2, 0.25) is 0 Å². The first-order valence-electron chi connectivity index (χ1n) is 2.60. The zero-order chi connectivity index (χ0) is 6.85. The molecule has 7 heteroatoms. The van der Waals surface area contributed by atoms with Crippen molar-refractivity contribution in [1.29, 1.82) is 0 Å². The first-order valence-corrected chi connectivity index (χ1v) is 2.60. The minimum atomic E-state index is 0. The molecule has 0 unspecified atom stereocenters. The van der Waals surface area contributed by atoms with Crippen LogP contribution in [-0.2, 0) is 0 Å². The van der Waals surface area contributed by atoms with Crippen LogP contribution in [0.5, 0.6) is 0 Å². The molecule has 1 aromatic carbocycles. The van der Waals surface area contributed by atoms with Crippen LogP contribution in [0.1, 0.15) is 0 Å². The largest absolute Gasteiger partial charge is 0.399 e.